The van der Waals surface area contributed by atoms with Crippen LogP contribution >= 0.6 is 15.9 Å². The molecule has 0 aromatic heterocycles. The molecule has 0 heterocycles. The average molecular weight is 269 g/mol. The van der Waals surface area contributed by atoms with Crippen LogP contribution in [-0.2, 0) is 0 Å². The number of aryl methyl sites for hydroxylation is 1. The van der Waals surface area contributed by atoms with E-state index in [1.54, 1.807) is 0 Å². The SMILES string of the molecule is Cc1cc(Br)ccc1NC1CCC(N)C1. The van der Waals surface area contributed by atoms with Crippen molar-refractivity contribution in [1.29, 1.82) is 0 Å². The van der Waals surface area contributed by atoms with E-state index in [1.807, 2.05) is 0 Å². The second kappa shape index (κ2) is 4.54. The molecule has 0 saturated heterocycles. The summed E-state index contributed by atoms with van der Waals surface area (Å²) in [5.74, 6) is 0. The van der Waals surface area contributed by atoms with Crippen LogP contribution in [0.25, 0.3) is 0 Å². The predicted molar refractivity (Wildman–Crippen MR) is 68.1 cm³/mol. The lowest BCUT2D eigenvalue weighted by molar-refractivity contribution is 0.687. The van der Waals surface area contributed by atoms with Crippen LogP contribution in [0, 0.1) is 6.92 Å². The Balaban J connectivity index is 2.04. The highest BCUT2D eigenvalue weighted by Crippen LogP contribution is 2.25. The van der Waals surface area contributed by atoms with Gasteiger partial charge in [-0.3, -0.25) is 0 Å². The zero-order valence-corrected chi connectivity index (χ0v) is 10.5. The molecule has 1 fully saturated rings. The van der Waals surface area contributed by atoms with Crippen LogP contribution in [0.3, 0.4) is 0 Å². The molecule has 3 N–H and O–H groups in total. The molecule has 15 heavy (non-hydrogen) atoms. The molecule has 2 nitrogen and oxygen atoms in total. The molecule has 1 aliphatic rings. The summed E-state index contributed by atoms with van der Waals surface area (Å²) in [6, 6.07) is 7.28. The van der Waals surface area contributed by atoms with Crippen molar-refractivity contribution >= 4 is 21.6 Å². The summed E-state index contributed by atoms with van der Waals surface area (Å²) in [6.07, 6.45) is 3.43. The van der Waals surface area contributed by atoms with Crippen LogP contribution in [-0.4, -0.2) is 12.1 Å². The first-order valence-corrected chi connectivity index (χ1v) is 6.23. The Kier molecular flexibility index (Phi) is 3.32. The van der Waals surface area contributed by atoms with E-state index in [9.17, 15) is 0 Å². The normalized spacial score (nSPS) is 25.5. The summed E-state index contributed by atoms with van der Waals surface area (Å²) in [6.45, 7) is 2.13. The third-order valence-electron chi connectivity index (χ3n) is 3.02. The highest BCUT2D eigenvalue weighted by Gasteiger charge is 2.21. The monoisotopic (exact) mass is 268 g/mol. The summed E-state index contributed by atoms with van der Waals surface area (Å²) in [4.78, 5) is 0. The Bertz CT molecular complexity index is 351. The van der Waals surface area contributed by atoms with Gasteiger partial charge in [0.1, 0.15) is 0 Å². The van der Waals surface area contributed by atoms with Gasteiger partial charge >= 0.3 is 0 Å². The van der Waals surface area contributed by atoms with Crippen LogP contribution < -0.4 is 11.1 Å². The number of hydrogen-bond acceptors (Lipinski definition) is 2. The Morgan fingerprint density at radius 3 is 2.80 bits per heavy atom. The van der Waals surface area contributed by atoms with E-state index in [-0.39, 0.29) is 0 Å². The first-order chi connectivity index (χ1) is 7.15. The number of halogens is 1. The third-order valence-corrected chi connectivity index (χ3v) is 3.51. The number of anilines is 1. The Hall–Kier alpha value is -0.540. The molecule has 2 atom stereocenters. The van der Waals surface area contributed by atoms with E-state index in [0.29, 0.717) is 12.1 Å². The molecule has 0 amide bonds. The van der Waals surface area contributed by atoms with Gasteiger partial charge in [-0.25, -0.2) is 0 Å². The van der Waals surface area contributed by atoms with Gasteiger partial charge in [0, 0.05) is 22.2 Å². The van der Waals surface area contributed by atoms with Crippen molar-refractivity contribution in [3.63, 3.8) is 0 Å². The van der Waals surface area contributed by atoms with Gasteiger partial charge in [0.2, 0.25) is 0 Å². The Morgan fingerprint density at radius 1 is 1.40 bits per heavy atom. The van der Waals surface area contributed by atoms with Gasteiger partial charge in [-0.1, -0.05) is 15.9 Å². The highest BCUT2D eigenvalue weighted by atomic mass is 79.9. The maximum Gasteiger partial charge on any atom is 0.0372 e. The van der Waals surface area contributed by atoms with Crippen molar-refractivity contribution in [2.45, 2.75) is 38.3 Å². The van der Waals surface area contributed by atoms with Gasteiger partial charge in [0.15, 0.2) is 0 Å². The fourth-order valence-corrected chi connectivity index (χ4v) is 2.63. The minimum atomic E-state index is 0.387. The lowest BCUT2D eigenvalue weighted by Gasteiger charge is -2.16. The summed E-state index contributed by atoms with van der Waals surface area (Å²) in [7, 11) is 0. The van der Waals surface area contributed by atoms with Crippen molar-refractivity contribution in [2.75, 3.05) is 5.32 Å². The molecule has 0 aliphatic heterocycles. The van der Waals surface area contributed by atoms with Crippen molar-refractivity contribution in [3.8, 4) is 0 Å². The van der Waals surface area contributed by atoms with E-state index in [0.717, 1.165) is 17.3 Å². The smallest absolute Gasteiger partial charge is 0.0372 e. The molecule has 1 aromatic rings. The van der Waals surface area contributed by atoms with E-state index < -0.39 is 0 Å². The molecule has 0 spiro atoms. The minimum absolute atomic E-state index is 0.387. The van der Waals surface area contributed by atoms with Crippen LogP contribution in [0.1, 0.15) is 24.8 Å². The summed E-state index contributed by atoms with van der Waals surface area (Å²) in [5, 5.41) is 3.57. The van der Waals surface area contributed by atoms with E-state index in [4.69, 9.17) is 5.73 Å². The van der Waals surface area contributed by atoms with Crippen LogP contribution in [0.4, 0.5) is 5.69 Å². The van der Waals surface area contributed by atoms with E-state index >= 15 is 0 Å². The van der Waals surface area contributed by atoms with Gasteiger partial charge in [0.05, 0.1) is 0 Å². The number of benzene rings is 1. The molecule has 0 radical (unpaired) electrons. The van der Waals surface area contributed by atoms with E-state index in [1.165, 1.54) is 17.7 Å². The molecular formula is C12H17BrN2. The highest BCUT2D eigenvalue weighted by molar-refractivity contribution is 9.10. The first kappa shape index (κ1) is 11.0. The predicted octanol–water partition coefficient (Wildman–Crippen LogP) is 3.05. The number of nitrogens with two attached hydrogens (primary N) is 1. The quantitative estimate of drug-likeness (QED) is 0.866. The molecule has 1 saturated carbocycles. The summed E-state index contributed by atoms with van der Waals surface area (Å²) < 4.78 is 1.13. The standard InChI is InChI=1S/C12H17BrN2/c1-8-6-9(13)2-5-12(8)15-11-4-3-10(14)7-11/h2,5-6,10-11,15H,3-4,7,14H2,1H3. The molecule has 82 valence electrons. The topological polar surface area (TPSA) is 38.0 Å². The Morgan fingerprint density at radius 2 is 2.20 bits per heavy atom. The fourth-order valence-electron chi connectivity index (χ4n) is 2.16. The summed E-state index contributed by atoms with van der Waals surface area (Å²) >= 11 is 3.47. The lowest BCUT2D eigenvalue weighted by atomic mass is 10.1. The average Bonchev–Trinajstić information content (AvgIpc) is 2.56. The van der Waals surface area contributed by atoms with Crippen molar-refractivity contribution in [3.05, 3.63) is 28.2 Å². The van der Waals surface area contributed by atoms with Gasteiger partial charge in [-0.05, 0) is 49.9 Å². The third kappa shape index (κ3) is 2.73. The molecule has 0 bridgehead atoms. The summed E-state index contributed by atoms with van der Waals surface area (Å²) in [5.41, 5.74) is 8.41. The maximum atomic E-state index is 5.89. The van der Waals surface area contributed by atoms with Crippen LogP contribution in [0.2, 0.25) is 0 Å². The minimum Gasteiger partial charge on any atom is -0.382 e. The first-order valence-electron chi connectivity index (χ1n) is 5.43. The van der Waals surface area contributed by atoms with Gasteiger partial charge in [0.25, 0.3) is 0 Å². The zero-order chi connectivity index (χ0) is 10.8. The lowest BCUT2D eigenvalue weighted by Crippen LogP contribution is -2.21. The van der Waals surface area contributed by atoms with Crippen LogP contribution in [0.15, 0.2) is 22.7 Å². The van der Waals surface area contributed by atoms with E-state index in [2.05, 4.69) is 46.4 Å². The van der Waals surface area contributed by atoms with Gasteiger partial charge in [-0.2, -0.15) is 0 Å². The largest absolute Gasteiger partial charge is 0.382 e. The van der Waals surface area contributed by atoms with Crippen LogP contribution in [0.5, 0.6) is 0 Å². The molecule has 2 unspecified atom stereocenters. The molecule has 1 aromatic carbocycles. The second-order valence-corrected chi connectivity index (χ2v) is 5.29. The number of hydrogen-bond donors (Lipinski definition) is 2. The second-order valence-electron chi connectivity index (χ2n) is 4.37. The Labute approximate surface area is 99.4 Å². The molecule has 1 aliphatic carbocycles. The fraction of sp³-hybridized carbons (Fsp3) is 0.500. The number of nitrogens with one attached hydrogen (secondary N) is 1. The molecule has 3 heteroatoms. The van der Waals surface area contributed by atoms with Crippen molar-refractivity contribution in [1.82, 2.24) is 0 Å². The number of rotatable bonds is 2. The maximum absolute atomic E-state index is 5.89. The van der Waals surface area contributed by atoms with Crippen molar-refractivity contribution in [2.24, 2.45) is 5.73 Å². The molecular weight excluding hydrogens is 252 g/mol. The molecule has 2 rings (SSSR count). The zero-order valence-electron chi connectivity index (χ0n) is 8.96. The van der Waals surface area contributed by atoms with Crippen molar-refractivity contribution < 1.29 is 0 Å². The van der Waals surface area contributed by atoms with Gasteiger partial charge < -0.3 is 11.1 Å². The van der Waals surface area contributed by atoms with Gasteiger partial charge in [-0.15, -0.1) is 0 Å².